The molecule has 0 aromatic rings. The van der Waals surface area contributed by atoms with E-state index < -0.39 is 9.84 Å². The number of allylic oxidation sites excluding steroid dienone is 4. The van der Waals surface area contributed by atoms with E-state index >= 15 is 0 Å². The molecule has 0 radical (unpaired) electrons. The van der Waals surface area contributed by atoms with E-state index in [1.807, 2.05) is 0 Å². The highest BCUT2D eigenvalue weighted by Gasteiger charge is 2.06. The van der Waals surface area contributed by atoms with E-state index in [0.717, 1.165) is 6.26 Å². The quantitative estimate of drug-likeness (QED) is 0.549. The lowest BCUT2D eigenvalue weighted by molar-refractivity contribution is 0.608. The van der Waals surface area contributed by atoms with Gasteiger partial charge in [0, 0.05) is 6.26 Å². The Morgan fingerprint density at radius 2 is 2.00 bits per heavy atom. The molecule has 84 valence electrons. The van der Waals surface area contributed by atoms with Crippen LogP contribution in [0.5, 0.6) is 0 Å². The van der Waals surface area contributed by atoms with E-state index in [1.165, 1.54) is 19.1 Å². The van der Waals surface area contributed by atoms with E-state index in [4.69, 9.17) is 0 Å². The Morgan fingerprint density at radius 3 is 2.27 bits per heavy atom. The van der Waals surface area contributed by atoms with Gasteiger partial charge in [0.05, 0.1) is 5.83 Å². The van der Waals surface area contributed by atoms with Gasteiger partial charge in [-0.1, -0.05) is 19.6 Å². The van der Waals surface area contributed by atoms with Gasteiger partial charge in [0.2, 0.25) is 0 Å². The fourth-order valence-electron chi connectivity index (χ4n) is 0.966. The van der Waals surface area contributed by atoms with Gasteiger partial charge in [0.1, 0.15) is 4.91 Å². The summed E-state index contributed by atoms with van der Waals surface area (Å²) >= 11 is 0. The second-order valence-electron chi connectivity index (χ2n) is 3.06. The largest absolute Gasteiger partial charge is 0.223 e. The van der Waals surface area contributed by atoms with Gasteiger partial charge < -0.3 is 0 Å². The second kappa shape index (κ2) is 5.69. The first-order chi connectivity index (χ1) is 6.82. The van der Waals surface area contributed by atoms with Crippen molar-refractivity contribution in [1.82, 2.24) is 0 Å². The monoisotopic (exact) mass is 230 g/mol. The minimum atomic E-state index is -3.33. The fraction of sp³-hybridized carbons (Fsp3) is 0.364. The van der Waals surface area contributed by atoms with Gasteiger partial charge in [-0.15, -0.1) is 5.73 Å². The Labute approximate surface area is 90.4 Å². The highest BCUT2D eigenvalue weighted by atomic mass is 32.2. The van der Waals surface area contributed by atoms with Crippen LogP contribution in [-0.2, 0) is 9.84 Å². The first kappa shape index (κ1) is 13.9. The molecule has 2 nitrogen and oxygen atoms in total. The number of rotatable bonds is 4. The van der Waals surface area contributed by atoms with E-state index in [0.29, 0.717) is 12.0 Å². The Morgan fingerprint density at radius 1 is 1.47 bits per heavy atom. The summed E-state index contributed by atoms with van der Waals surface area (Å²) in [5.41, 5.74) is 2.77. The van der Waals surface area contributed by atoms with Crippen molar-refractivity contribution >= 4 is 9.84 Å². The summed E-state index contributed by atoms with van der Waals surface area (Å²) in [4.78, 5) is -0.0327. The van der Waals surface area contributed by atoms with Crippen LogP contribution in [0.2, 0.25) is 0 Å². The predicted octanol–water partition coefficient (Wildman–Crippen LogP) is 2.91. The molecule has 0 bridgehead atoms. The van der Waals surface area contributed by atoms with Crippen molar-refractivity contribution in [2.24, 2.45) is 0 Å². The normalized spacial score (nSPS) is 13.6. The molecule has 0 saturated heterocycles. The van der Waals surface area contributed by atoms with Crippen LogP contribution in [-0.4, -0.2) is 14.7 Å². The minimum absolute atomic E-state index is 0.0327. The maximum atomic E-state index is 12.9. The molecule has 0 aromatic carbocycles. The Balaban J connectivity index is 5.13. The summed E-state index contributed by atoms with van der Waals surface area (Å²) in [5, 5.41) is 0. The lowest BCUT2D eigenvalue weighted by Gasteiger charge is -1.98. The fourth-order valence-corrected chi connectivity index (χ4v) is 1.54. The standard InChI is InChI=1S/C11H15FO2S/c1-5-10(9(3)12)7-8-11(6-2)15(4,13)14/h7-8H,2,5H2,1,3-4H3. The zero-order valence-electron chi connectivity index (χ0n) is 9.17. The van der Waals surface area contributed by atoms with Crippen LogP contribution in [0.3, 0.4) is 0 Å². The van der Waals surface area contributed by atoms with E-state index in [9.17, 15) is 12.8 Å². The summed E-state index contributed by atoms with van der Waals surface area (Å²) in [6, 6.07) is 0. The number of sulfone groups is 1. The van der Waals surface area contributed by atoms with Crippen LogP contribution < -0.4 is 0 Å². The average Bonchev–Trinajstić information content (AvgIpc) is 2.09. The zero-order valence-corrected chi connectivity index (χ0v) is 9.99. The molecule has 0 aliphatic heterocycles. The molecule has 0 saturated carbocycles. The number of hydrogen-bond acceptors (Lipinski definition) is 2. The van der Waals surface area contributed by atoms with Crippen molar-refractivity contribution in [3.8, 4) is 0 Å². The van der Waals surface area contributed by atoms with Crippen molar-refractivity contribution in [2.75, 3.05) is 6.26 Å². The Hall–Kier alpha value is -1.12. The summed E-state index contributed by atoms with van der Waals surface area (Å²) in [6.45, 7) is 6.40. The third kappa shape index (κ3) is 4.77. The van der Waals surface area contributed by atoms with Crippen LogP contribution in [0.15, 0.2) is 40.8 Å². The highest BCUT2D eigenvalue weighted by molar-refractivity contribution is 7.94. The van der Waals surface area contributed by atoms with Crippen LogP contribution in [0.4, 0.5) is 4.39 Å². The SMILES string of the molecule is C=C=C(C=CC(CC)=C(C)F)S(C)(=O)=O. The molecule has 15 heavy (non-hydrogen) atoms. The summed E-state index contributed by atoms with van der Waals surface area (Å²) in [7, 11) is -3.33. The Bertz CT molecular complexity index is 431. The van der Waals surface area contributed by atoms with E-state index in [-0.39, 0.29) is 10.7 Å². The van der Waals surface area contributed by atoms with Gasteiger partial charge in [-0.3, -0.25) is 0 Å². The average molecular weight is 230 g/mol. The van der Waals surface area contributed by atoms with E-state index in [2.05, 4.69) is 12.3 Å². The van der Waals surface area contributed by atoms with Crippen molar-refractivity contribution in [3.63, 3.8) is 0 Å². The molecule has 4 heteroatoms. The molecule has 0 aliphatic carbocycles. The Kier molecular flexibility index (Phi) is 5.26. The van der Waals surface area contributed by atoms with E-state index in [1.54, 1.807) is 6.92 Å². The maximum absolute atomic E-state index is 12.9. The second-order valence-corrected chi connectivity index (χ2v) is 5.04. The molecule has 0 unspecified atom stereocenters. The molecule has 0 aromatic heterocycles. The molecular formula is C11H15FO2S. The van der Waals surface area contributed by atoms with Gasteiger partial charge >= 0.3 is 0 Å². The first-order valence-corrected chi connectivity index (χ1v) is 6.35. The van der Waals surface area contributed by atoms with Crippen LogP contribution >= 0.6 is 0 Å². The van der Waals surface area contributed by atoms with Crippen LogP contribution in [0.1, 0.15) is 20.3 Å². The van der Waals surface area contributed by atoms with Crippen molar-refractivity contribution in [1.29, 1.82) is 0 Å². The molecule has 0 heterocycles. The van der Waals surface area contributed by atoms with Gasteiger partial charge in [-0.25, -0.2) is 12.8 Å². The van der Waals surface area contributed by atoms with Crippen molar-refractivity contribution in [3.05, 3.63) is 40.8 Å². The third-order valence-corrected chi connectivity index (χ3v) is 2.91. The van der Waals surface area contributed by atoms with Crippen LogP contribution in [0, 0.1) is 0 Å². The topological polar surface area (TPSA) is 34.1 Å². The maximum Gasteiger partial charge on any atom is 0.182 e. The first-order valence-electron chi connectivity index (χ1n) is 4.46. The lowest BCUT2D eigenvalue weighted by Crippen LogP contribution is -1.97. The smallest absolute Gasteiger partial charge is 0.182 e. The molecular weight excluding hydrogens is 215 g/mol. The van der Waals surface area contributed by atoms with Crippen molar-refractivity contribution in [2.45, 2.75) is 20.3 Å². The van der Waals surface area contributed by atoms with Gasteiger partial charge in [-0.2, -0.15) is 0 Å². The molecule has 0 aliphatic rings. The molecule has 0 amide bonds. The molecule has 0 fully saturated rings. The summed E-state index contributed by atoms with van der Waals surface area (Å²) in [5.74, 6) is -0.314. The molecule has 0 atom stereocenters. The third-order valence-electron chi connectivity index (χ3n) is 1.83. The molecule has 0 N–H and O–H groups in total. The van der Waals surface area contributed by atoms with Gasteiger partial charge in [-0.05, 0) is 25.0 Å². The number of halogens is 1. The minimum Gasteiger partial charge on any atom is -0.223 e. The lowest BCUT2D eigenvalue weighted by atomic mass is 10.2. The predicted molar refractivity (Wildman–Crippen MR) is 60.7 cm³/mol. The van der Waals surface area contributed by atoms with Gasteiger partial charge in [0.15, 0.2) is 9.84 Å². The van der Waals surface area contributed by atoms with Crippen LogP contribution in [0.25, 0.3) is 0 Å². The summed E-state index contributed by atoms with van der Waals surface area (Å²) < 4.78 is 35.1. The van der Waals surface area contributed by atoms with Crippen molar-refractivity contribution < 1.29 is 12.8 Å². The van der Waals surface area contributed by atoms with Gasteiger partial charge in [0.25, 0.3) is 0 Å². The highest BCUT2D eigenvalue weighted by Crippen LogP contribution is 2.13. The zero-order chi connectivity index (χ0) is 12.1. The summed E-state index contributed by atoms with van der Waals surface area (Å²) in [6.07, 6.45) is 4.31. The molecule has 0 rings (SSSR count). The molecule has 0 spiro atoms. The number of hydrogen-bond donors (Lipinski definition) is 0.